The molecule has 4 rings (SSSR count). The summed E-state index contributed by atoms with van der Waals surface area (Å²) in [5.41, 5.74) is -0.162. The van der Waals surface area contributed by atoms with Crippen LogP contribution in [0, 0.1) is 0 Å². The number of hydrogen-bond acceptors (Lipinski definition) is 5. The van der Waals surface area contributed by atoms with Crippen LogP contribution < -0.4 is 20.7 Å². The number of anilines is 2. The van der Waals surface area contributed by atoms with Gasteiger partial charge in [0.15, 0.2) is 0 Å². The van der Waals surface area contributed by atoms with Crippen molar-refractivity contribution >= 4 is 58.5 Å². The summed E-state index contributed by atoms with van der Waals surface area (Å²) in [6.45, 7) is 0. The molecule has 44 heavy (non-hydrogen) atoms. The van der Waals surface area contributed by atoms with Crippen LogP contribution in [0.25, 0.3) is 6.08 Å². The maximum Gasteiger partial charge on any atom is 0.418 e. The van der Waals surface area contributed by atoms with Gasteiger partial charge in [-0.15, -0.1) is 11.8 Å². The summed E-state index contributed by atoms with van der Waals surface area (Å²) in [5.74, 6) is -1.40. The lowest BCUT2D eigenvalue weighted by molar-refractivity contribution is -0.137. The van der Waals surface area contributed by atoms with E-state index in [1.54, 1.807) is 78.9 Å². The van der Waals surface area contributed by atoms with Crippen LogP contribution in [0.3, 0.4) is 0 Å². The molecule has 0 aliphatic heterocycles. The molecule has 226 valence electrons. The zero-order valence-corrected chi connectivity index (χ0v) is 24.6. The third-order valence-corrected chi connectivity index (χ3v) is 7.19. The van der Waals surface area contributed by atoms with E-state index < -0.39 is 35.1 Å². The molecule has 0 unspecified atom stereocenters. The first-order valence-electron chi connectivity index (χ1n) is 12.9. The maximum atomic E-state index is 13.4. The predicted molar refractivity (Wildman–Crippen MR) is 166 cm³/mol. The number of alkyl halides is 3. The zero-order chi connectivity index (χ0) is 31.7. The van der Waals surface area contributed by atoms with Crippen molar-refractivity contribution in [1.82, 2.24) is 5.32 Å². The van der Waals surface area contributed by atoms with Gasteiger partial charge in [-0.05, 0) is 72.3 Å². The van der Waals surface area contributed by atoms with Crippen molar-refractivity contribution in [1.29, 1.82) is 0 Å². The number of thioether (sulfide) groups is 1. The SMILES string of the molecule is COc1cccc(/C=C(\NC(=O)c2ccccc2)C(=O)Nc2cccc(SCC(=O)Nc3ccc(Cl)cc3C(F)(F)F)c2)c1. The second-order valence-electron chi connectivity index (χ2n) is 9.16. The van der Waals surface area contributed by atoms with Crippen LogP contribution in [0.2, 0.25) is 5.02 Å². The molecule has 0 atom stereocenters. The highest BCUT2D eigenvalue weighted by atomic mass is 35.5. The fourth-order valence-corrected chi connectivity index (χ4v) is 4.82. The van der Waals surface area contributed by atoms with E-state index in [1.807, 2.05) is 0 Å². The van der Waals surface area contributed by atoms with Gasteiger partial charge in [0.1, 0.15) is 11.4 Å². The summed E-state index contributed by atoms with van der Waals surface area (Å²) in [4.78, 5) is 39.3. The van der Waals surface area contributed by atoms with Crippen molar-refractivity contribution in [2.24, 2.45) is 0 Å². The van der Waals surface area contributed by atoms with Crippen LogP contribution in [0.4, 0.5) is 24.5 Å². The van der Waals surface area contributed by atoms with Crippen LogP contribution in [-0.2, 0) is 15.8 Å². The highest BCUT2D eigenvalue weighted by Gasteiger charge is 2.34. The van der Waals surface area contributed by atoms with E-state index in [0.29, 0.717) is 27.5 Å². The quantitative estimate of drug-likeness (QED) is 0.123. The Balaban J connectivity index is 1.47. The van der Waals surface area contributed by atoms with Gasteiger partial charge in [0, 0.05) is 21.2 Å². The van der Waals surface area contributed by atoms with Gasteiger partial charge in [-0.3, -0.25) is 14.4 Å². The van der Waals surface area contributed by atoms with Gasteiger partial charge in [0.05, 0.1) is 24.1 Å². The van der Waals surface area contributed by atoms with Gasteiger partial charge in [0.25, 0.3) is 11.8 Å². The van der Waals surface area contributed by atoms with Gasteiger partial charge < -0.3 is 20.7 Å². The van der Waals surface area contributed by atoms with Gasteiger partial charge >= 0.3 is 6.18 Å². The summed E-state index contributed by atoms with van der Waals surface area (Å²) in [6, 6.07) is 25.0. The number of halogens is 4. The van der Waals surface area contributed by atoms with Crippen LogP contribution >= 0.6 is 23.4 Å². The minimum Gasteiger partial charge on any atom is -0.497 e. The fourth-order valence-electron chi connectivity index (χ4n) is 3.90. The molecule has 0 saturated carbocycles. The van der Waals surface area contributed by atoms with Gasteiger partial charge in [-0.1, -0.05) is 48.0 Å². The monoisotopic (exact) mass is 639 g/mol. The predicted octanol–water partition coefficient (Wildman–Crippen LogP) is 7.51. The molecule has 0 aromatic heterocycles. The number of carbonyl (C=O) groups excluding carboxylic acids is 3. The first-order valence-corrected chi connectivity index (χ1v) is 14.3. The largest absolute Gasteiger partial charge is 0.497 e. The number of ether oxygens (including phenoxy) is 1. The minimum atomic E-state index is -4.70. The van der Waals surface area contributed by atoms with E-state index in [0.717, 1.165) is 23.9 Å². The Morgan fingerprint density at radius 3 is 2.36 bits per heavy atom. The molecule has 0 fully saturated rings. The smallest absolute Gasteiger partial charge is 0.418 e. The lowest BCUT2D eigenvalue weighted by Gasteiger charge is -2.14. The standard InChI is InChI=1S/C32H25ClF3N3O4S/c1-43-24-11-5-7-20(15-24)16-28(39-30(41)21-8-3-2-4-9-21)31(42)37-23-10-6-12-25(18-23)44-19-29(40)38-27-14-13-22(33)17-26(27)32(34,35)36/h2-18H,19H2,1H3,(H,37,42)(H,38,40)(H,39,41)/b28-16-. The molecule has 4 aromatic carbocycles. The van der Waals surface area contributed by atoms with E-state index in [9.17, 15) is 27.6 Å². The van der Waals surface area contributed by atoms with Gasteiger partial charge in [-0.25, -0.2) is 0 Å². The van der Waals surface area contributed by atoms with Gasteiger partial charge in [-0.2, -0.15) is 13.2 Å². The Hall–Kier alpha value is -4.74. The fraction of sp³-hybridized carbons (Fsp3) is 0.0938. The summed E-state index contributed by atoms with van der Waals surface area (Å²) in [5, 5.41) is 7.57. The Morgan fingerprint density at radius 2 is 1.64 bits per heavy atom. The lowest BCUT2D eigenvalue weighted by Crippen LogP contribution is -2.30. The lowest BCUT2D eigenvalue weighted by atomic mass is 10.1. The second kappa shape index (κ2) is 14.6. The van der Waals surface area contributed by atoms with E-state index in [2.05, 4.69) is 16.0 Å². The second-order valence-corrected chi connectivity index (χ2v) is 10.6. The van der Waals surface area contributed by atoms with Crippen molar-refractivity contribution < 1.29 is 32.3 Å². The molecule has 4 aromatic rings. The van der Waals surface area contributed by atoms with Crippen molar-refractivity contribution in [2.45, 2.75) is 11.1 Å². The molecule has 0 radical (unpaired) electrons. The van der Waals surface area contributed by atoms with E-state index >= 15 is 0 Å². The normalized spacial score (nSPS) is 11.4. The molecule has 3 amide bonds. The van der Waals surface area contributed by atoms with Crippen molar-refractivity contribution in [3.8, 4) is 5.75 Å². The highest BCUT2D eigenvalue weighted by Crippen LogP contribution is 2.36. The number of hydrogen-bond donors (Lipinski definition) is 3. The molecule has 0 spiro atoms. The number of nitrogens with one attached hydrogen (secondary N) is 3. The van der Waals surface area contributed by atoms with Crippen LogP contribution in [-0.4, -0.2) is 30.6 Å². The molecule has 0 aliphatic rings. The van der Waals surface area contributed by atoms with E-state index in [1.165, 1.54) is 19.3 Å². The van der Waals surface area contributed by atoms with E-state index in [-0.39, 0.29) is 16.5 Å². The first-order chi connectivity index (χ1) is 21.0. The van der Waals surface area contributed by atoms with Crippen molar-refractivity contribution in [3.63, 3.8) is 0 Å². The Bertz CT molecular complexity index is 1700. The van der Waals surface area contributed by atoms with Crippen molar-refractivity contribution in [2.75, 3.05) is 23.5 Å². The molecular formula is C32H25ClF3N3O4S. The van der Waals surface area contributed by atoms with Crippen LogP contribution in [0.1, 0.15) is 21.5 Å². The average Bonchev–Trinajstić information content (AvgIpc) is 3.00. The van der Waals surface area contributed by atoms with Crippen molar-refractivity contribution in [3.05, 3.63) is 124 Å². The summed E-state index contributed by atoms with van der Waals surface area (Å²) < 4.78 is 45.3. The highest BCUT2D eigenvalue weighted by molar-refractivity contribution is 8.00. The minimum absolute atomic E-state index is 0.0343. The molecule has 12 heteroatoms. The summed E-state index contributed by atoms with van der Waals surface area (Å²) in [7, 11) is 1.51. The molecule has 0 aliphatic carbocycles. The number of carbonyl (C=O) groups is 3. The molecule has 0 saturated heterocycles. The topological polar surface area (TPSA) is 96.5 Å². The molecule has 0 bridgehead atoms. The zero-order valence-electron chi connectivity index (χ0n) is 23.1. The molecule has 7 nitrogen and oxygen atoms in total. The first kappa shape index (κ1) is 32.2. The Morgan fingerprint density at radius 1 is 0.886 bits per heavy atom. The Labute approximate surface area is 260 Å². The molecule has 0 heterocycles. The average molecular weight is 640 g/mol. The van der Waals surface area contributed by atoms with Crippen LogP contribution in [0.5, 0.6) is 5.75 Å². The third-order valence-electron chi connectivity index (χ3n) is 5.96. The summed E-state index contributed by atoms with van der Waals surface area (Å²) in [6.07, 6.45) is -3.19. The number of amides is 3. The summed E-state index contributed by atoms with van der Waals surface area (Å²) >= 11 is 6.76. The number of methoxy groups -OCH3 is 1. The van der Waals surface area contributed by atoms with Gasteiger partial charge in [0.2, 0.25) is 5.91 Å². The molecular weight excluding hydrogens is 615 g/mol. The number of benzene rings is 4. The van der Waals surface area contributed by atoms with Crippen LogP contribution in [0.15, 0.2) is 108 Å². The third kappa shape index (κ3) is 9.13. The number of rotatable bonds is 10. The van der Waals surface area contributed by atoms with E-state index in [4.69, 9.17) is 16.3 Å². The maximum absolute atomic E-state index is 13.4. The molecule has 3 N–H and O–H groups in total. The Kier molecular flexibility index (Phi) is 10.7.